The zero-order valence-corrected chi connectivity index (χ0v) is 23.9. The molecule has 0 amide bonds. The Balaban J connectivity index is 1.16. The van der Waals surface area contributed by atoms with Gasteiger partial charge in [0.2, 0.25) is 0 Å². The van der Waals surface area contributed by atoms with Gasteiger partial charge in [-0.2, -0.15) is 0 Å². The van der Waals surface area contributed by atoms with Gasteiger partial charge in [-0.05, 0) is 72.6 Å². The monoisotopic (exact) mass is 563 g/mol. The summed E-state index contributed by atoms with van der Waals surface area (Å²) in [7, 11) is 0. The van der Waals surface area contributed by atoms with E-state index in [9.17, 15) is 4.79 Å². The second kappa shape index (κ2) is 16.2. The third kappa shape index (κ3) is 9.77. The Labute approximate surface area is 242 Å². The predicted octanol–water partition coefficient (Wildman–Crippen LogP) is 8.49. The second-order valence-corrected chi connectivity index (χ2v) is 10.4. The van der Waals surface area contributed by atoms with Gasteiger partial charge in [-0.25, -0.2) is 4.79 Å². The molecule has 0 radical (unpaired) electrons. The van der Waals surface area contributed by atoms with Crippen molar-refractivity contribution in [2.75, 3.05) is 19.8 Å². The van der Waals surface area contributed by atoms with Crippen molar-refractivity contribution < 1.29 is 23.7 Å². The number of rotatable bonds is 14. The van der Waals surface area contributed by atoms with E-state index >= 15 is 0 Å². The van der Waals surface area contributed by atoms with E-state index < -0.39 is 18.4 Å². The summed E-state index contributed by atoms with van der Waals surface area (Å²) in [6.45, 7) is 3.50. The molecular weight excluding hydrogens is 526 g/mol. The molecule has 0 aliphatic carbocycles. The van der Waals surface area contributed by atoms with Gasteiger partial charge < -0.3 is 18.9 Å². The molecule has 7 heteroatoms. The van der Waals surface area contributed by atoms with Gasteiger partial charge in [-0.3, -0.25) is 4.99 Å². The summed E-state index contributed by atoms with van der Waals surface area (Å²) in [5.74, 6) is 0.449. The Kier molecular flexibility index (Phi) is 12.0. The lowest BCUT2D eigenvalue weighted by Gasteiger charge is -2.29. The van der Waals surface area contributed by atoms with E-state index in [0.29, 0.717) is 10.6 Å². The van der Waals surface area contributed by atoms with Crippen molar-refractivity contribution in [3.8, 4) is 5.75 Å². The fraction of sp³-hybridized carbons (Fsp3) is 0.394. The van der Waals surface area contributed by atoms with Gasteiger partial charge in [0.1, 0.15) is 11.9 Å². The number of halogens is 1. The first-order valence-corrected chi connectivity index (χ1v) is 14.5. The Hall–Kier alpha value is -3.19. The maximum absolute atomic E-state index is 12.6. The van der Waals surface area contributed by atoms with Crippen LogP contribution in [0.1, 0.15) is 79.6 Å². The largest absolute Gasteiger partial charge is 0.494 e. The van der Waals surface area contributed by atoms with Gasteiger partial charge in [0.15, 0.2) is 6.29 Å². The van der Waals surface area contributed by atoms with Crippen molar-refractivity contribution in [3.63, 3.8) is 0 Å². The molecule has 6 nitrogen and oxygen atoms in total. The Morgan fingerprint density at radius 3 is 2.20 bits per heavy atom. The molecular formula is C33H38ClNO5. The third-order valence-electron chi connectivity index (χ3n) is 6.65. The highest BCUT2D eigenvalue weighted by atomic mass is 35.5. The van der Waals surface area contributed by atoms with Crippen molar-refractivity contribution in [1.82, 2.24) is 0 Å². The molecule has 0 unspecified atom stereocenters. The van der Waals surface area contributed by atoms with Crippen LogP contribution >= 0.6 is 11.6 Å². The van der Waals surface area contributed by atoms with Gasteiger partial charge in [0, 0.05) is 16.8 Å². The van der Waals surface area contributed by atoms with Crippen LogP contribution in [0, 0.1) is 0 Å². The summed E-state index contributed by atoms with van der Waals surface area (Å²) in [6, 6.07) is 22.2. The zero-order valence-electron chi connectivity index (χ0n) is 23.1. The van der Waals surface area contributed by atoms with E-state index in [1.54, 1.807) is 42.6 Å². The summed E-state index contributed by atoms with van der Waals surface area (Å²) < 4.78 is 22.9. The minimum Gasteiger partial charge on any atom is -0.494 e. The van der Waals surface area contributed by atoms with Crippen LogP contribution in [0.5, 0.6) is 5.75 Å². The normalized spacial score (nSPS) is 17.1. The lowest BCUT2D eigenvalue weighted by atomic mass is 10.1. The number of hydrogen-bond donors (Lipinski definition) is 0. The number of carbonyl (C=O) groups is 1. The molecule has 3 aromatic carbocycles. The number of esters is 1. The lowest BCUT2D eigenvalue weighted by molar-refractivity contribution is -0.220. The number of carbonyl (C=O) groups excluding carboxylic acids is 1. The van der Waals surface area contributed by atoms with Crippen LogP contribution in [0.4, 0.5) is 5.69 Å². The van der Waals surface area contributed by atoms with E-state index in [2.05, 4.69) is 11.9 Å². The van der Waals surface area contributed by atoms with Crippen LogP contribution in [-0.4, -0.2) is 38.1 Å². The summed E-state index contributed by atoms with van der Waals surface area (Å²) in [6.07, 6.45) is 9.72. The third-order valence-corrected chi connectivity index (χ3v) is 6.90. The number of aliphatic imine (C=N–C) groups is 1. The maximum atomic E-state index is 12.6. The molecule has 212 valence electrons. The zero-order chi connectivity index (χ0) is 28.0. The maximum Gasteiger partial charge on any atom is 0.338 e. The summed E-state index contributed by atoms with van der Waals surface area (Å²) in [5.41, 5.74) is 3.03. The van der Waals surface area contributed by atoms with Crippen LogP contribution in [0.25, 0.3) is 0 Å². The fourth-order valence-electron chi connectivity index (χ4n) is 4.32. The van der Waals surface area contributed by atoms with Crippen molar-refractivity contribution in [3.05, 3.63) is 94.5 Å². The number of unbranched alkanes of at least 4 members (excludes halogenated alkanes) is 6. The molecule has 1 saturated heterocycles. The number of benzene rings is 3. The van der Waals surface area contributed by atoms with E-state index in [0.717, 1.165) is 35.6 Å². The Bertz CT molecular complexity index is 1190. The molecule has 1 heterocycles. The highest BCUT2D eigenvalue weighted by Gasteiger charge is 2.26. The average Bonchev–Trinajstić information content (AvgIpc) is 2.99. The molecule has 1 aliphatic rings. The predicted molar refractivity (Wildman–Crippen MR) is 159 cm³/mol. The Morgan fingerprint density at radius 1 is 0.875 bits per heavy atom. The summed E-state index contributed by atoms with van der Waals surface area (Å²) >= 11 is 5.93. The van der Waals surface area contributed by atoms with Crippen LogP contribution in [0.15, 0.2) is 77.8 Å². The first-order chi connectivity index (χ1) is 19.6. The number of hydrogen-bond acceptors (Lipinski definition) is 6. The Morgan fingerprint density at radius 2 is 1.52 bits per heavy atom. The van der Waals surface area contributed by atoms with E-state index in [1.165, 1.54) is 38.5 Å². The molecule has 0 atom stereocenters. The van der Waals surface area contributed by atoms with Gasteiger partial charge in [0.25, 0.3) is 0 Å². The fourth-order valence-corrected chi connectivity index (χ4v) is 4.44. The van der Waals surface area contributed by atoms with Gasteiger partial charge in [0.05, 0.1) is 31.1 Å². The van der Waals surface area contributed by atoms with Crippen LogP contribution in [0.3, 0.4) is 0 Å². The van der Waals surface area contributed by atoms with E-state index in [1.807, 2.05) is 36.4 Å². The standard InChI is InChI=1S/C33H38ClNO5/c1-2-3-4-5-6-7-8-21-37-30-19-9-25(10-20-30)22-35-29-17-13-26(14-18-29)32(36)40-31-23-38-33(39-24-31)27-11-15-28(34)16-12-27/h9-20,22,31,33H,2-8,21,23-24H2,1H3. The van der Waals surface area contributed by atoms with Crippen LogP contribution in [-0.2, 0) is 14.2 Å². The molecule has 0 N–H and O–H groups in total. The minimum atomic E-state index is -0.497. The van der Waals surface area contributed by atoms with Crippen molar-refractivity contribution >= 4 is 29.5 Å². The highest BCUT2D eigenvalue weighted by Crippen LogP contribution is 2.25. The molecule has 40 heavy (non-hydrogen) atoms. The summed E-state index contributed by atoms with van der Waals surface area (Å²) in [5, 5.41) is 0.649. The van der Waals surface area contributed by atoms with Crippen molar-refractivity contribution in [2.24, 2.45) is 4.99 Å². The highest BCUT2D eigenvalue weighted by molar-refractivity contribution is 6.30. The molecule has 1 fully saturated rings. The molecule has 1 aliphatic heterocycles. The minimum absolute atomic E-state index is 0.254. The molecule has 0 saturated carbocycles. The summed E-state index contributed by atoms with van der Waals surface area (Å²) in [4.78, 5) is 17.1. The molecule has 0 aromatic heterocycles. The molecule has 3 aromatic rings. The lowest BCUT2D eigenvalue weighted by Crippen LogP contribution is -2.35. The van der Waals surface area contributed by atoms with Crippen LogP contribution < -0.4 is 4.74 Å². The first kappa shape index (κ1) is 29.8. The van der Waals surface area contributed by atoms with Crippen molar-refractivity contribution in [1.29, 1.82) is 0 Å². The first-order valence-electron chi connectivity index (χ1n) is 14.2. The SMILES string of the molecule is CCCCCCCCCOc1ccc(C=Nc2ccc(C(=O)OC3COC(c4ccc(Cl)cc4)OC3)cc2)cc1. The molecule has 0 bridgehead atoms. The van der Waals surface area contributed by atoms with E-state index in [-0.39, 0.29) is 13.2 Å². The smallest absolute Gasteiger partial charge is 0.338 e. The van der Waals surface area contributed by atoms with E-state index in [4.69, 9.17) is 30.5 Å². The van der Waals surface area contributed by atoms with Gasteiger partial charge in [-0.15, -0.1) is 0 Å². The molecule has 4 rings (SSSR count). The number of nitrogens with zero attached hydrogens (tertiary/aromatic N) is 1. The average molecular weight is 564 g/mol. The van der Waals surface area contributed by atoms with Gasteiger partial charge in [-0.1, -0.05) is 69.2 Å². The number of ether oxygens (including phenoxy) is 4. The van der Waals surface area contributed by atoms with Gasteiger partial charge >= 0.3 is 5.97 Å². The van der Waals surface area contributed by atoms with Crippen molar-refractivity contribution in [2.45, 2.75) is 64.3 Å². The van der Waals surface area contributed by atoms with Crippen LogP contribution in [0.2, 0.25) is 5.02 Å². The topological polar surface area (TPSA) is 66.4 Å². The second-order valence-electron chi connectivity index (χ2n) is 9.92. The molecule has 0 spiro atoms. The quantitative estimate of drug-likeness (QED) is 0.112.